The smallest absolute Gasteiger partial charge is 0.338 e. The topological polar surface area (TPSA) is 68.0 Å². The van der Waals surface area contributed by atoms with Crippen molar-refractivity contribution in [3.63, 3.8) is 0 Å². The zero-order valence-electron chi connectivity index (χ0n) is 9.92. The van der Waals surface area contributed by atoms with E-state index >= 15 is 0 Å². The van der Waals surface area contributed by atoms with Crippen LogP contribution in [0.2, 0.25) is 5.02 Å². The first kappa shape index (κ1) is 13.3. The lowest BCUT2D eigenvalue weighted by Gasteiger charge is -2.05. The number of rotatable bonds is 2. The van der Waals surface area contributed by atoms with Crippen molar-refractivity contribution in [2.24, 2.45) is 0 Å². The molecule has 0 aliphatic heterocycles. The summed E-state index contributed by atoms with van der Waals surface area (Å²) in [5.41, 5.74) is 1.95. The Morgan fingerprint density at radius 3 is 2.80 bits per heavy atom. The lowest BCUT2D eigenvalue weighted by molar-refractivity contribution is 0.0699. The van der Waals surface area contributed by atoms with Crippen molar-refractivity contribution in [1.29, 1.82) is 0 Å². The minimum Gasteiger partial charge on any atom is -0.478 e. The summed E-state index contributed by atoms with van der Waals surface area (Å²) >= 11 is 8.09. The fourth-order valence-electron chi connectivity index (χ4n) is 1.95. The molecule has 1 heterocycles. The van der Waals surface area contributed by atoms with Crippen LogP contribution in [0.15, 0.2) is 36.4 Å². The number of hydrogen-bond acceptors (Lipinski definition) is 3. The molecular formula is C13H7ClIN3O2. The molecule has 0 bridgehead atoms. The van der Waals surface area contributed by atoms with Crippen LogP contribution in [0.5, 0.6) is 0 Å². The number of aromatic nitrogens is 3. The Bertz CT molecular complexity index is 832. The highest BCUT2D eigenvalue weighted by atomic mass is 127. The van der Waals surface area contributed by atoms with Gasteiger partial charge in [0.05, 0.1) is 16.8 Å². The van der Waals surface area contributed by atoms with Crippen LogP contribution in [0.1, 0.15) is 10.4 Å². The van der Waals surface area contributed by atoms with Crippen molar-refractivity contribution in [2.45, 2.75) is 0 Å². The molecular weight excluding hydrogens is 393 g/mol. The molecule has 2 aromatic carbocycles. The predicted octanol–water partition coefficient (Wildman–Crippen LogP) is 3.38. The molecule has 0 atom stereocenters. The maximum absolute atomic E-state index is 11.2. The highest BCUT2D eigenvalue weighted by Crippen LogP contribution is 2.25. The van der Waals surface area contributed by atoms with Crippen LogP contribution >= 0.6 is 34.2 Å². The van der Waals surface area contributed by atoms with Crippen molar-refractivity contribution in [2.75, 3.05) is 0 Å². The minimum atomic E-state index is -1.02. The molecule has 20 heavy (non-hydrogen) atoms. The Hall–Kier alpha value is -1.67. The van der Waals surface area contributed by atoms with Gasteiger partial charge in [-0.05, 0) is 52.9 Å². The summed E-state index contributed by atoms with van der Waals surface area (Å²) in [6.45, 7) is 0. The van der Waals surface area contributed by atoms with Gasteiger partial charge in [0, 0.05) is 8.59 Å². The Kier molecular flexibility index (Phi) is 3.35. The lowest BCUT2D eigenvalue weighted by Crippen LogP contribution is -2.00. The second-order valence-corrected chi connectivity index (χ2v) is 5.67. The lowest BCUT2D eigenvalue weighted by atomic mass is 10.2. The van der Waals surface area contributed by atoms with Gasteiger partial charge in [0.1, 0.15) is 5.52 Å². The highest BCUT2D eigenvalue weighted by Gasteiger charge is 2.15. The van der Waals surface area contributed by atoms with E-state index < -0.39 is 5.97 Å². The number of carboxylic acids is 1. The fourth-order valence-corrected chi connectivity index (χ4v) is 3.05. The molecule has 0 saturated carbocycles. The summed E-state index contributed by atoms with van der Waals surface area (Å²) in [6, 6.07) is 10.4. The second kappa shape index (κ2) is 5.02. The summed E-state index contributed by atoms with van der Waals surface area (Å²) in [7, 11) is 0. The van der Waals surface area contributed by atoms with Gasteiger partial charge in [0.2, 0.25) is 0 Å². The molecule has 0 spiro atoms. The molecule has 0 amide bonds. The van der Waals surface area contributed by atoms with Crippen LogP contribution in [-0.2, 0) is 0 Å². The predicted molar refractivity (Wildman–Crippen MR) is 83.6 cm³/mol. The van der Waals surface area contributed by atoms with E-state index in [-0.39, 0.29) is 5.56 Å². The summed E-state index contributed by atoms with van der Waals surface area (Å²) in [5, 5.41) is 17.8. The second-order valence-electron chi connectivity index (χ2n) is 4.08. The Morgan fingerprint density at radius 2 is 2.10 bits per heavy atom. The van der Waals surface area contributed by atoms with Crippen LogP contribution < -0.4 is 0 Å². The molecule has 1 aromatic heterocycles. The third-order valence-corrected chi connectivity index (χ3v) is 3.94. The average molecular weight is 400 g/mol. The zero-order chi connectivity index (χ0) is 14.3. The molecule has 7 heteroatoms. The largest absolute Gasteiger partial charge is 0.478 e. The van der Waals surface area contributed by atoms with Crippen LogP contribution in [0.3, 0.4) is 0 Å². The summed E-state index contributed by atoms with van der Waals surface area (Å²) in [5.74, 6) is -1.02. The highest BCUT2D eigenvalue weighted by molar-refractivity contribution is 14.1. The quantitative estimate of drug-likeness (QED) is 0.671. The van der Waals surface area contributed by atoms with E-state index in [9.17, 15) is 4.79 Å². The SMILES string of the molecule is O=C(O)c1cccc2c1nnn2-c1ccc(Cl)cc1I. The van der Waals surface area contributed by atoms with Gasteiger partial charge in [-0.15, -0.1) is 5.10 Å². The van der Waals surface area contributed by atoms with Gasteiger partial charge in [0.15, 0.2) is 0 Å². The Balaban J connectivity index is 2.28. The van der Waals surface area contributed by atoms with Crippen LogP contribution in [0.25, 0.3) is 16.7 Å². The number of carbonyl (C=O) groups is 1. The van der Waals surface area contributed by atoms with Crippen molar-refractivity contribution >= 4 is 51.2 Å². The van der Waals surface area contributed by atoms with E-state index in [4.69, 9.17) is 16.7 Å². The maximum atomic E-state index is 11.2. The number of halogens is 2. The van der Waals surface area contributed by atoms with Gasteiger partial charge >= 0.3 is 5.97 Å². The number of aromatic carboxylic acids is 1. The van der Waals surface area contributed by atoms with Crippen molar-refractivity contribution in [1.82, 2.24) is 15.0 Å². The van der Waals surface area contributed by atoms with Crippen molar-refractivity contribution in [3.05, 3.63) is 50.6 Å². The number of benzene rings is 2. The molecule has 3 aromatic rings. The number of fused-ring (bicyclic) bond motifs is 1. The molecule has 0 aliphatic rings. The van der Waals surface area contributed by atoms with E-state index in [0.717, 1.165) is 9.26 Å². The first-order chi connectivity index (χ1) is 9.58. The zero-order valence-corrected chi connectivity index (χ0v) is 12.8. The number of carboxylic acid groups (broad SMARTS) is 1. The molecule has 3 rings (SSSR count). The minimum absolute atomic E-state index is 0.137. The Morgan fingerprint density at radius 1 is 1.30 bits per heavy atom. The molecule has 5 nitrogen and oxygen atoms in total. The van der Waals surface area contributed by atoms with Gasteiger partial charge in [-0.2, -0.15) is 0 Å². The molecule has 1 N–H and O–H groups in total. The maximum Gasteiger partial charge on any atom is 0.338 e. The van der Waals surface area contributed by atoms with Gasteiger partial charge in [-0.25, -0.2) is 9.48 Å². The Labute approximate surface area is 132 Å². The summed E-state index contributed by atoms with van der Waals surface area (Å²) in [6.07, 6.45) is 0. The van der Waals surface area contributed by atoms with Crippen LogP contribution in [0.4, 0.5) is 0 Å². The molecule has 0 saturated heterocycles. The summed E-state index contributed by atoms with van der Waals surface area (Å²) in [4.78, 5) is 11.2. The number of nitrogens with zero attached hydrogens (tertiary/aromatic N) is 3. The average Bonchev–Trinajstić information content (AvgIpc) is 2.82. The van der Waals surface area contributed by atoms with E-state index in [2.05, 4.69) is 32.9 Å². The van der Waals surface area contributed by atoms with E-state index in [0.29, 0.717) is 16.1 Å². The van der Waals surface area contributed by atoms with Crippen LogP contribution in [-0.4, -0.2) is 26.1 Å². The first-order valence-electron chi connectivity index (χ1n) is 5.61. The van der Waals surface area contributed by atoms with E-state index in [1.165, 1.54) is 6.07 Å². The van der Waals surface area contributed by atoms with Gasteiger partial charge < -0.3 is 5.11 Å². The van der Waals surface area contributed by atoms with Crippen molar-refractivity contribution in [3.8, 4) is 5.69 Å². The monoisotopic (exact) mass is 399 g/mol. The molecule has 100 valence electrons. The standard InChI is InChI=1S/C13H7ClIN3O2/c14-7-4-5-10(9(15)6-7)18-11-3-1-2-8(13(19)20)12(11)16-17-18/h1-6H,(H,19,20). The molecule has 0 unspecified atom stereocenters. The van der Waals surface area contributed by atoms with Gasteiger partial charge in [0.25, 0.3) is 0 Å². The molecule has 0 aliphatic carbocycles. The molecule has 0 radical (unpaired) electrons. The number of hydrogen-bond donors (Lipinski definition) is 1. The first-order valence-corrected chi connectivity index (χ1v) is 7.07. The third-order valence-electron chi connectivity index (χ3n) is 2.85. The van der Waals surface area contributed by atoms with Crippen LogP contribution in [0, 0.1) is 3.57 Å². The normalized spacial score (nSPS) is 10.9. The third kappa shape index (κ3) is 2.14. The fraction of sp³-hybridized carbons (Fsp3) is 0. The summed E-state index contributed by atoms with van der Waals surface area (Å²) < 4.78 is 2.52. The molecule has 0 fully saturated rings. The van der Waals surface area contributed by atoms with E-state index in [1.54, 1.807) is 22.9 Å². The van der Waals surface area contributed by atoms with Gasteiger partial charge in [-0.3, -0.25) is 0 Å². The van der Waals surface area contributed by atoms with E-state index in [1.807, 2.05) is 12.1 Å². The van der Waals surface area contributed by atoms with Crippen molar-refractivity contribution < 1.29 is 9.90 Å². The van der Waals surface area contributed by atoms with Gasteiger partial charge in [-0.1, -0.05) is 22.9 Å².